The van der Waals surface area contributed by atoms with Gasteiger partial charge in [-0.1, -0.05) is 63.8 Å². The van der Waals surface area contributed by atoms with Crippen molar-refractivity contribution < 1.29 is 37.7 Å². The molecule has 0 radical (unpaired) electrons. The quantitative estimate of drug-likeness (QED) is 0.0686. The molecule has 0 aliphatic carbocycles. The highest BCUT2D eigenvalue weighted by Crippen LogP contribution is 2.27. The van der Waals surface area contributed by atoms with E-state index < -0.39 is 17.8 Å². The van der Waals surface area contributed by atoms with E-state index in [0.29, 0.717) is 6.61 Å². The average molecular weight is 649 g/mol. The third-order valence-electron chi connectivity index (χ3n) is 8.25. The van der Waals surface area contributed by atoms with Crippen LogP contribution in [0.5, 0.6) is 11.5 Å². The first-order chi connectivity index (χ1) is 22.8. The van der Waals surface area contributed by atoms with Gasteiger partial charge in [-0.15, -0.1) is 0 Å². The zero-order chi connectivity index (χ0) is 33.5. The maximum Gasteiger partial charge on any atom is 0.343 e. The third-order valence-corrected chi connectivity index (χ3v) is 8.25. The summed E-state index contributed by atoms with van der Waals surface area (Å²) < 4.78 is 42.4. The van der Waals surface area contributed by atoms with Crippen LogP contribution in [0.2, 0.25) is 0 Å². The summed E-state index contributed by atoms with van der Waals surface area (Å²) in [5, 5.41) is 0. The Labute approximate surface area is 278 Å². The number of hydrogen-bond acceptors (Lipinski definition) is 7. The zero-order valence-corrected chi connectivity index (χ0v) is 28.1. The normalized spacial score (nSPS) is 14.2. The summed E-state index contributed by atoms with van der Waals surface area (Å²) in [5.41, 5.74) is 2.46. The molecule has 254 valence electrons. The van der Waals surface area contributed by atoms with E-state index in [4.69, 9.17) is 23.7 Å². The molecule has 47 heavy (non-hydrogen) atoms. The monoisotopic (exact) mass is 648 g/mol. The summed E-state index contributed by atoms with van der Waals surface area (Å²) >= 11 is 0. The van der Waals surface area contributed by atoms with Gasteiger partial charge in [0, 0.05) is 12.0 Å². The Bertz CT molecular complexity index is 1400. The molecule has 1 saturated heterocycles. The second-order valence-electron chi connectivity index (χ2n) is 12.8. The zero-order valence-electron chi connectivity index (χ0n) is 28.1. The maximum atomic E-state index is 14.7. The lowest BCUT2D eigenvalue weighted by molar-refractivity contribution is -0.137. The summed E-state index contributed by atoms with van der Waals surface area (Å²) in [7, 11) is 0. The topological polar surface area (TPSA) is 80.3 Å². The predicted octanol–water partition coefficient (Wildman–Crippen LogP) is 9.22. The summed E-state index contributed by atoms with van der Waals surface area (Å²) in [6.45, 7) is 10.0. The van der Waals surface area contributed by atoms with Crippen molar-refractivity contribution in [3.05, 3.63) is 83.7 Å². The van der Waals surface area contributed by atoms with Crippen molar-refractivity contribution in [2.75, 3.05) is 33.0 Å². The van der Waals surface area contributed by atoms with Gasteiger partial charge in [0.25, 0.3) is 0 Å². The molecule has 1 aliphatic heterocycles. The number of esters is 2. The van der Waals surface area contributed by atoms with Gasteiger partial charge in [0.2, 0.25) is 0 Å². The van der Waals surface area contributed by atoms with Crippen LogP contribution in [0.25, 0.3) is 11.1 Å². The van der Waals surface area contributed by atoms with E-state index in [2.05, 4.69) is 13.8 Å². The van der Waals surface area contributed by atoms with Gasteiger partial charge in [-0.05, 0) is 92.6 Å². The van der Waals surface area contributed by atoms with Crippen LogP contribution in [0.4, 0.5) is 4.39 Å². The molecular weight excluding hydrogens is 599 g/mol. The Balaban J connectivity index is 1.16. The summed E-state index contributed by atoms with van der Waals surface area (Å²) in [6.07, 6.45) is 9.12. The second kappa shape index (κ2) is 18.6. The molecule has 3 aromatic rings. The van der Waals surface area contributed by atoms with Gasteiger partial charge in [0.05, 0.1) is 43.7 Å². The lowest BCUT2D eigenvalue weighted by Crippen LogP contribution is -2.43. The molecule has 0 amide bonds. The maximum absolute atomic E-state index is 14.7. The van der Waals surface area contributed by atoms with Crippen molar-refractivity contribution in [3.8, 4) is 22.6 Å². The molecule has 0 bridgehead atoms. The molecule has 7 nitrogen and oxygen atoms in total. The van der Waals surface area contributed by atoms with Gasteiger partial charge in [0.1, 0.15) is 5.75 Å². The molecule has 1 fully saturated rings. The van der Waals surface area contributed by atoms with Crippen molar-refractivity contribution >= 4 is 11.9 Å². The standard InChI is InChI=1S/C39H49FO7/c1-4-5-6-9-12-29(2)46-38(42)33-19-22-36(35(40)25-33)47-37(41)32-15-13-30(14-16-32)31-17-20-34(21-18-31)45-24-11-8-7-10-23-43-26-39(3)27-44-28-39/h13-22,25,29H,4-12,23-24,26-28H2,1-3H3/t29-/m1/s1. The van der Waals surface area contributed by atoms with E-state index in [1.165, 1.54) is 12.1 Å². The van der Waals surface area contributed by atoms with E-state index in [0.717, 1.165) is 107 Å². The Hall–Kier alpha value is -3.75. The van der Waals surface area contributed by atoms with Crippen molar-refractivity contribution in [1.29, 1.82) is 0 Å². The Morgan fingerprint density at radius 2 is 1.45 bits per heavy atom. The first-order valence-corrected chi connectivity index (χ1v) is 17.0. The first kappa shape index (κ1) is 36.1. The molecule has 1 heterocycles. The van der Waals surface area contributed by atoms with Crippen LogP contribution in [0.1, 0.15) is 99.3 Å². The summed E-state index contributed by atoms with van der Waals surface area (Å²) in [6, 6.07) is 18.4. The minimum absolute atomic E-state index is 0.0743. The fourth-order valence-corrected chi connectivity index (χ4v) is 5.28. The summed E-state index contributed by atoms with van der Waals surface area (Å²) in [4.78, 5) is 25.2. The highest BCUT2D eigenvalue weighted by molar-refractivity contribution is 5.92. The van der Waals surface area contributed by atoms with Gasteiger partial charge < -0.3 is 23.7 Å². The van der Waals surface area contributed by atoms with E-state index in [9.17, 15) is 14.0 Å². The Morgan fingerprint density at radius 1 is 0.809 bits per heavy atom. The molecule has 0 unspecified atom stereocenters. The van der Waals surface area contributed by atoms with E-state index in [1.54, 1.807) is 12.1 Å². The molecule has 4 rings (SSSR count). The number of unbranched alkanes of at least 4 members (excludes halogenated alkanes) is 6. The Kier molecular flexibility index (Phi) is 14.2. The van der Waals surface area contributed by atoms with Crippen LogP contribution >= 0.6 is 0 Å². The van der Waals surface area contributed by atoms with Crippen molar-refractivity contribution in [3.63, 3.8) is 0 Å². The number of rotatable bonds is 20. The van der Waals surface area contributed by atoms with Crippen LogP contribution in [-0.4, -0.2) is 51.1 Å². The van der Waals surface area contributed by atoms with Crippen LogP contribution in [0, 0.1) is 11.2 Å². The lowest BCUT2D eigenvalue weighted by atomic mass is 9.90. The number of hydrogen-bond donors (Lipinski definition) is 0. The molecule has 0 aromatic heterocycles. The smallest absolute Gasteiger partial charge is 0.343 e. The second-order valence-corrected chi connectivity index (χ2v) is 12.8. The SMILES string of the molecule is CCCCCC[C@@H](C)OC(=O)c1ccc(OC(=O)c2ccc(-c3ccc(OCCCCCCOCC4(C)COC4)cc3)cc2)c(F)c1. The van der Waals surface area contributed by atoms with Gasteiger partial charge in [-0.2, -0.15) is 0 Å². The number of carbonyl (C=O) groups excluding carboxylic acids is 2. The van der Waals surface area contributed by atoms with E-state index in [-0.39, 0.29) is 28.4 Å². The van der Waals surface area contributed by atoms with E-state index >= 15 is 0 Å². The Morgan fingerprint density at radius 3 is 2.09 bits per heavy atom. The average Bonchev–Trinajstić information content (AvgIpc) is 3.06. The van der Waals surface area contributed by atoms with Crippen LogP contribution in [-0.2, 0) is 14.2 Å². The highest BCUT2D eigenvalue weighted by atomic mass is 19.1. The summed E-state index contributed by atoms with van der Waals surface area (Å²) in [5.74, 6) is -1.54. The highest BCUT2D eigenvalue weighted by Gasteiger charge is 2.33. The molecule has 0 spiro atoms. The molecule has 1 aliphatic rings. The predicted molar refractivity (Wildman–Crippen MR) is 181 cm³/mol. The minimum Gasteiger partial charge on any atom is -0.494 e. The third kappa shape index (κ3) is 11.8. The fraction of sp³-hybridized carbons (Fsp3) is 0.487. The van der Waals surface area contributed by atoms with Crippen molar-refractivity contribution in [1.82, 2.24) is 0 Å². The van der Waals surface area contributed by atoms with Crippen LogP contribution < -0.4 is 9.47 Å². The molecule has 8 heteroatoms. The van der Waals surface area contributed by atoms with E-state index in [1.807, 2.05) is 43.3 Å². The van der Waals surface area contributed by atoms with Crippen LogP contribution in [0.3, 0.4) is 0 Å². The van der Waals surface area contributed by atoms with Crippen molar-refractivity contribution in [2.24, 2.45) is 5.41 Å². The number of halogens is 1. The van der Waals surface area contributed by atoms with Gasteiger partial charge in [0.15, 0.2) is 11.6 Å². The molecule has 0 N–H and O–H groups in total. The largest absolute Gasteiger partial charge is 0.494 e. The molecular formula is C39H49FO7. The minimum atomic E-state index is -0.808. The lowest BCUT2D eigenvalue weighted by Gasteiger charge is -2.37. The fourth-order valence-electron chi connectivity index (χ4n) is 5.28. The van der Waals surface area contributed by atoms with Crippen LogP contribution in [0.15, 0.2) is 66.7 Å². The van der Waals surface area contributed by atoms with Gasteiger partial charge in [-0.3, -0.25) is 0 Å². The van der Waals surface area contributed by atoms with Gasteiger partial charge >= 0.3 is 11.9 Å². The molecule has 3 aromatic carbocycles. The number of benzene rings is 3. The number of ether oxygens (including phenoxy) is 5. The van der Waals surface area contributed by atoms with Gasteiger partial charge in [-0.25, -0.2) is 14.0 Å². The first-order valence-electron chi connectivity index (χ1n) is 17.0. The van der Waals surface area contributed by atoms with Crippen molar-refractivity contribution in [2.45, 2.75) is 84.7 Å². The number of carbonyl (C=O) groups is 2. The molecule has 0 saturated carbocycles. The molecule has 1 atom stereocenters.